The molecule has 0 aliphatic carbocycles. The number of halogens is 2. The lowest BCUT2D eigenvalue weighted by Crippen LogP contribution is -2.33. The first-order valence-corrected chi connectivity index (χ1v) is 6.65. The molecule has 1 aliphatic rings. The highest BCUT2D eigenvalue weighted by Crippen LogP contribution is 2.23. The van der Waals surface area contributed by atoms with Crippen LogP contribution >= 0.6 is 28.3 Å². The van der Waals surface area contributed by atoms with E-state index < -0.39 is 0 Å². The van der Waals surface area contributed by atoms with Crippen LogP contribution in [-0.2, 0) is 0 Å². The Kier molecular flexibility index (Phi) is 4.14. The molecular formula is C12H15BrClN3O. The monoisotopic (exact) mass is 331 g/mol. The number of hydrogen-bond acceptors (Lipinski definition) is 2. The summed E-state index contributed by atoms with van der Waals surface area (Å²) < 4.78 is 2.89. The Morgan fingerprint density at radius 2 is 2.00 bits per heavy atom. The molecule has 2 aromatic rings. The van der Waals surface area contributed by atoms with Gasteiger partial charge in [-0.25, -0.2) is 4.79 Å². The summed E-state index contributed by atoms with van der Waals surface area (Å²) in [5.41, 5.74) is 1.91. The molecule has 6 heteroatoms. The fourth-order valence-corrected chi connectivity index (χ4v) is 2.89. The summed E-state index contributed by atoms with van der Waals surface area (Å²) in [5.74, 6) is 0. The molecule has 2 heterocycles. The molecule has 3 rings (SSSR count). The maximum atomic E-state index is 12.0. The highest BCUT2D eigenvalue weighted by atomic mass is 79.9. The van der Waals surface area contributed by atoms with E-state index in [1.807, 2.05) is 22.8 Å². The van der Waals surface area contributed by atoms with E-state index in [9.17, 15) is 4.79 Å². The van der Waals surface area contributed by atoms with Crippen LogP contribution in [0.4, 0.5) is 0 Å². The van der Waals surface area contributed by atoms with E-state index in [0.717, 1.165) is 41.4 Å². The van der Waals surface area contributed by atoms with Gasteiger partial charge in [-0.15, -0.1) is 12.4 Å². The standard InChI is InChI=1S/C12H14BrN3O.ClH/c13-8-1-2-11-10(7-8)15-12(17)16(11)9-3-5-14-6-4-9;/h1-2,7,9,14H,3-6H2,(H,15,17);1H. The Morgan fingerprint density at radius 1 is 1.28 bits per heavy atom. The van der Waals surface area contributed by atoms with Crippen molar-refractivity contribution >= 4 is 39.4 Å². The van der Waals surface area contributed by atoms with Gasteiger partial charge in [-0.2, -0.15) is 0 Å². The van der Waals surface area contributed by atoms with Gasteiger partial charge < -0.3 is 10.3 Å². The number of aromatic amines is 1. The summed E-state index contributed by atoms with van der Waals surface area (Å²) in [4.78, 5) is 14.9. The highest BCUT2D eigenvalue weighted by Gasteiger charge is 2.19. The van der Waals surface area contributed by atoms with E-state index in [1.54, 1.807) is 0 Å². The lowest BCUT2D eigenvalue weighted by Gasteiger charge is -2.23. The Labute approximate surface area is 119 Å². The SMILES string of the molecule is Cl.O=c1[nH]c2cc(Br)ccc2n1C1CCNCC1. The number of benzene rings is 1. The van der Waals surface area contributed by atoms with Gasteiger partial charge in [-0.05, 0) is 44.1 Å². The van der Waals surface area contributed by atoms with Gasteiger partial charge in [-0.3, -0.25) is 4.57 Å². The normalized spacial score (nSPS) is 16.7. The second-order valence-electron chi connectivity index (χ2n) is 4.44. The predicted molar refractivity (Wildman–Crippen MR) is 78.6 cm³/mol. The second-order valence-corrected chi connectivity index (χ2v) is 5.36. The van der Waals surface area contributed by atoms with Gasteiger partial charge in [0.1, 0.15) is 0 Å². The molecule has 1 aliphatic heterocycles. The molecule has 1 aromatic heterocycles. The van der Waals surface area contributed by atoms with Gasteiger partial charge in [-0.1, -0.05) is 15.9 Å². The number of nitrogens with one attached hydrogen (secondary N) is 2. The number of nitrogens with zero attached hydrogens (tertiary/aromatic N) is 1. The summed E-state index contributed by atoms with van der Waals surface area (Å²) in [7, 11) is 0. The molecule has 0 atom stereocenters. The van der Waals surface area contributed by atoms with Crippen molar-refractivity contribution in [3.8, 4) is 0 Å². The zero-order valence-electron chi connectivity index (χ0n) is 9.78. The van der Waals surface area contributed by atoms with Crippen LogP contribution < -0.4 is 11.0 Å². The lowest BCUT2D eigenvalue weighted by molar-refractivity contribution is 0.368. The Bertz CT molecular complexity index is 601. The van der Waals surface area contributed by atoms with Crippen molar-refractivity contribution in [3.63, 3.8) is 0 Å². The summed E-state index contributed by atoms with van der Waals surface area (Å²) in [6, 6.07) is 6.25. The minimum atomic E-state index is 0. The summed E-state index contributed by atoms with van der Waals surface area (Å²) in [6.45, 7) is 1.97. The van der Waals surface area contributed by atoms with Gasteiger partial charge >= 0.3 is 5.69 Å². The van der Waals surface area contributed by atoms with Crippen LogP contribution in [0.2, 0.25) is 0 Å². The Balaban J connectivity index is 0.00000120. The van der Waals surface area contributed by atoms with Gasteiger partial charge in [0.2, 0.25) is 0 Å². The number of rotatable bonds is 1. The Hall–Kier alpha value is -0.780. The molecule has 2 N–H and O–H groups in total. The van der Waals surface area contributed by atoms with Crippen molar-refractivity contribution < 1.29 is 0 Å². The molecule has 1 aromatic carbocycles. The third-order valence-corrected chi connectivity index (χ3v) is 3.85. The molecule has 0 spiro atoms. The fraction of sp³-hybridized carbons (Fsp3) is 0.417. The lowest BCUT2D eigenvalue weighted by atomic mass is 10.1. The molecule has 0 radical (unpaired) electrons. The topological polar surface area (TPSA) is 49.8 Å². The number of H-pyrrole nitrogens is 1. The van der Waals surface area contributed by atoms with E-state index in [-0.39, 0.29) is 18.1 Å². The zero-order chi connectivity index (χ0) is 11.8. The first-order chi connectivity index (χ1) is 8.25. The van der Waals surface area contributed by atoms with Crippen LogP contribution in [0.3, 0.4) is 0 Å². The van der Waals surface area contributed by atoms with Crippen LogP contribution in [-0.4, -0.2) is 22.6 Å². The molecule has 1 fully saturated rings. The molecule has 0 amide bonds. The quantitative estimate of drug-likeness (QED) is 0.843. The molecule has 18 heavy (non-hydrogen) atoms. The zero-order valence-corrected chi connectivity index (χ0v) is 12.2. The molecule has 98 valence electrons. The van der Waals surface area contributed by atoms with Crippen molar-refractivity contribution in [2.75, 3.05) is 13.1 Å². The van der Waals surface area contributed by atoms with Gasteiger partial charge in [0.05, 0.1) is 11.0 Å². The third kappa shape index (κ3) is 2.35. The summed E-state index contributed by atoms with van der Waals surface area (Å²) >= 11 is 3.42. The average Bonchev–Trinajstić information content (AvgIpc) is 2.65. The van der Waals surface area contributed by atoms with Crippen molar-refractivity contribution in [2.24, 2.45) is 0 Å². The number of fused-ring (bicyclic) bond motifs is 1. The minimum Gasteiger partial charge on any atom is -0.317 e. The van der Waals surface area contributed by atoms with Crippen LogP contribution in [0.5, 0.6) is 0 Å². The van der Waals surface area contributed by atoms with E-state index in [4.69, 9.17) is 0 Å². The molecule has 4 nitrogen and oxygen atoms in total. The Morgan fingerprint density at radius 3 is 2.72 bits per heavy atom. The number of imidazole rings is 1. The summed E-state index contributed by atoms with van der Waals surface area (Å²) in [5, 5.41) is 3.32. The van der Waals surface area contributed by atoms with E-state index >= 15 is 0 Å². The largest absolute Gasteiger partial charge is 0.326 e. The van der Waals surface area contributed by atoms with Crippen molar-refractivity contribution in [2.45, 2.75) is 18.9 Å². The van der Waals surface area contributed by atoms with Gasteiger partial charge in [0, 0.05) is 10.5 Å². The molecule has 0 bridgehead atoms. The van der Waals surface area contributed by atoms with Crippen molar-refractivity contribution in [1.82, 2.24) is 14.9 Å². The molecule has 0 saturated carbocycles. The van der Waals surface area contributed by atoms with Crippen molar-refractivity contribution in [1.29, 1.82) is 0 Å². The first kappa shape index (κ1) is 13.6. The highest BCUT2D eigenvalue weighted by molar-refractivity contribution is 9.10. The van der Waals surface area contributed by atoms with Crippen LogP contribution in [0.25, 0.3) is 11.0 Å². The maximum absolute atomic E-state index is 12.0. The van der Waals surface area contributed by atoms with E-state index in [1.165, 1.54) is 0 Å². The number of hydrogen-bond donors (Lipinski definition) is 2. The number of piperidine rings is 1. The second kappa shape index (κ2) is 5.47. The van der Waals surface area contributed by atoms with Crippen LogP contribution in [0, 0.1) is 0 Å². The van der Waals surface area contributed by atoms with Gasteiger partial charge in [0.25, 0.3) is 0 Å². The number of aromatic nitrogens is 2. The first-order valence-electron chi connectivity index (χ1n) is 5.86. The fourth-order valence-electron chi connectivity index (χ4n) is 2.53. The maximum Gasteiger partial charge on any atom is 0.326 e. The summed E-state index contributed by atoms with van der Waals surface area (Å²) in [6.07, 6.45) is 2.03. The minimum absolute atomic E-state index is 0. The molecule has 1 saturated heterocycles. The average molecular weight is 333 g/mol. The van der Waals surface area contributed by atoms with E-state index in [0.29, 0.717) is 6.04 Å². The molecular weight excluding hydrogens is 318 g/mol. The van der Waals surface area contributed by atoms with Crippen LogP contribution in [0.15, 0.2) is 27.5 Å². The third-order valence-electron chi connectivity index (χ3n) is 3.35. The van der Waals surface area contributed by atoms with Crippen molar-refractivity contribution in [3.05, 3.63) is 33.2 Å². The van der Waals surface area contributed by atoms with E-state index in [2.05, 4.69) is 26.2 Å². The smallest absolute Gasteiger partial charge is 0.317 e. The predicted octanol–water partition coefficient (Wildman–Crippen LogP) is 2.44. The molecule has 0 unspecified atom stereocenters. The van der Waals surface area contributed by atoms with Gasteiger partial charge in [0.15, 0.2) is 0 Å². The van der Waals surface area contributed by atoms with Crippen LogP contribution in [0.1, 0.15) is 18.9 Å².